The molecule has 1 atom stereocenters. The number of hydrogen-bond donors (Lipinski definition) is 1. The lowest BCUT2D eigenvalue weighted by molar-refractivity contribution is -0.274. The normalized spacial score (nSPS) is 18.8. The summed E-state index contributed by atoms with van der Waals surface area (Å²) in [6.07, 6.45) is -2.09. The highest BCUT2D eigenvalue weighted by Crippen LogP contribution is 2.28. The molecular formula is C20H22F3N3O3. The minimum Gasteiger partial charge on any atom is -0.406 e. The maximum Gasteiger partial charge on any atom is 0.573 e. The Balaban J connectivity index is 1.60. The number of urea groups is 1. The van der Waals surface area contributed by atoms with Crippen molar-refractivity contribution in [1.29, 1.82) is 0 Å². The van der Waals surface area contributed by atoms with E-state index in [1.165, 1.54) is 12.1 Å². The van der Waals surface area contributed by atoms with E-state index in [1.807, 2.05) is 19.9 Å². The Morgan fingerprint density at radius 2 is 2.00 bits per heavy atom. The summed E-state index contributed by atoms with van der Waals surface area (Å²) in [5.74, 6) is 0.206. The van der Waals surface area contributed by atoms with Crippen molar-refractivity contribution >= 4 is 18.0 Å². The fraction of sp³-hybridized carbons (Fsp3) is 0.400. The topological polar surface area (TPSA) is 67.6 Å². The van der Waals surface area contributed by atoms with Crippen LogP contribution >= 0.6 is 0 Å². The fourth-order valence-electron chi connectivity index (χ4n) is 3.14. The van der Waals surface area contributed by atoms with E-state index in [0.29, 0.717) is 25.4 Å². The van der Waals surface area contributed by atoms with Crippen molar-refractivity contribution in [2.45, 2.75) is 33.6 Å². The van der Waals surface area contributed by atoms with E-state index >= 15 is 0 Å². The van der Waals surface area contributed by atoms with E-state index in [2.05, 4.69) is 15.2 Å². The molecule has 1 aromatic heterocycles. The first kappa shape index (κ1) is 20.8. The van der Waals surface area contributed by atoms with Gasteiger partial charge in [0, 0.05) is 18.7 Å². The van der Waals surface area contributed by atoms with Crippen LogP contribution in [0.1, 0.15) is 30.2 Å². The molecule has 1 N–H and O–H groups in total. The first-order valence-corrected chi connectivity index (χ1v) is 9.17. The SMILES string of the molecule is Cc1noc(NC(=O)N2CC/C(=C\c3ccc(OC(F)(F)F)cc3)C(C)C2)c1C. The van der Waals surface area contributed by atoms with Gasteiger partial charge in [-0.1, -0.05) is 35.9 Å². The fourth-order valence-corrected chi connectivity index (χ4v) is 3.14. The van der Waals surface area contributed by atoms with Crippen molar-refractivity contribution in [1.82, 2.24) is 10.1 Å². The van der Waals surface area contributed by atoms with Crippen LogP contribution in [0.15, 0.2) is 34.4 Å². The number of aromatic nitrogens is 1. The molecule has 6 nitrogen and oxygen atoms in total. The van der Waals surface area contributed by atoms with Crippen LogP contribution in [0, 0.1) is 19.8 Å². The summed E-state index contributed by atoms with van der Waals surface area (Å²) in [5, 5.41) is 6.57. The van der Waals surface area contributed by atoms with Gasteiger partial charge in [0.05, 0.1) is 5.69 Å². The first-order valence-electron chi connectivity index (χ1n) is 9.17. The Morgan fingerprint density at radius 1 is 1.31 bits per heavy atom. The molecule has 1 aliphatic heterocycles. The van der Waals surface area contributed by atoms with Crippen LogP contribution < -0.4 is 10.1 Å². The summed E-state index contributed by atoms with van der Waals surface area (Å²) < 4.78 is 45.7. The van der Waals surface area contributed by atoms with Crippen LogP contribution in [0.25, 0.3) is 6.08 Å². The molecule has 1 unspecified atom stereocenters. The molecule has 0 aliphatic carbocycles. The van der Waals surface area contributed by atoms with Gasteiger partial charge in [-0.15, -0.1) is 13.2 Å². The summed E-state index contributed by atoms with van der Waals surface area (Å²) >= 11 is 0. The Hall–Kier alpha value is -2.97. The van der Waals surface area contributed by atoms with E-state index in [-0.39, 0.29) is 17.7 Å². The molecule has 0 saturated carbocycles. The van der Waals surface area contributed by atoms with Gasteiger partial charge in [0.1, 0.15) is 5.75 Å². The number of ether oxygens (including phenoxy) is 1. The molecule has 1 fully saturated rings. The van der Waals surface area contributed by atoms with Crippen LogP contribution in [0.3, 0.4) is 0 Å². The highest BCUT2D eigenvalue weighted by atomic mass is 19.4. The van der Waals surface area contributed by atoms with Crippen molar-refractivity contribution in [2.75, 3.05) is 18.4 Å². The molecule has 2 aromatic rings. The highest BCUT2D eigenvalue weighted by molar-refractivity contribution is 5.88. The molecule has 1 aliphatic rings. The highest BCUT2D eigenvalue weighted by Gasteiger charge is 2.31. The van der Waals surface area contributed by atoms with Gasteiger partial charge in [0.15, 0.2) is 0 Å². The number of anilines is 1. The van der Waals surface area contributed by atoms with Crippen molar-refractivity contribution in [3.63, 3.8) is 0 Å². The van der Waals surface area contributed by atoms with Gasteiger partial charge in [-0.3, -0.25) is 5.32 Å². The second-order valence-corrected chi connectivity index (χ2v) is 7.09. The average molecular weight is 409 g/mol. The summed E-state index contributed by atoms with van der Waals surface area (Å²) in [4.78, 5) is 14.2. The second-order valence-electron chi connectivity index (χ2n) is 7.09. The van der Waals surface area contributed by atoms with Gasteiger partial charge in [0.2, 0.25) is 5.88 Å². The summed E-state index contributed by atoms with van der Waals surface area (Å²) in [7, 11) is 0. The quantitative estimate of drug-likeness (QED) is 0.762. The lowest BCUT2D eigenvalue weighted by Crippen LogP contribution is -2.42. The van der Waals surface area contributed by atoms with Crippen molar-refractivity contribution < 1.29 is 27.2 Å². The predicted octanol–water partition coefficient (Wildman–Crippen LogP) is 5.15. The summed E-state index contributed by atoms with van der Waals surface area (Å²) in [6, 6.07) is 5.48. The van der Waals surface area contributed by atoms with Crippen LogP contribution in [0.4, 0.5) is 23.8 Å². The minimum atomic E-state index is -4.70. The number of amides is 2. The smallest absolute Gasteiger partial charge is 0.406 e. The zero-order valence-corrected chi connectivity index (χ0v) is 16.3. The van der Waals surface area contributed by atoms with E-state index in [1.54, 1.807) is 24.0 Å². The van der Waals surface area contributed by atoms with Gasteiger partial charge in [-0.2, -0.15) is 0 Å². The lowest BCUT2D eigenvalue weighted by Gasteiger charge is -2.33. The van der Waals surface area contributed by atoms with Gasteiger partial charge in [0.25, 0.3) is 0 Å². The molecule has 9 heteroatoms. The largest absolute Gasteiger partial charge is 0.573 e. The van der Waals surface area contributed by atoms with Crippen molar-refractivity contribution in [3.8, 4) is 5.75 Å². The molecule has 156 valence electrons. The number of hydrogen-bond acceptors (Lipinski definition) is 4. The number of alkyl halides is 3. The molecule has 0 spiro atoms. The van der Waals surface area contributed by atoms with Gasteiger partial charge < -0.3 is 14.2 Å². The minimum absolute atomic E-state index is 0.109. The van der Waals surface area contributed by atoms with Gasteiger partial charge in [-0.25, -0.2) is 4.79 Å². The summed E-state index contributed by atoms with van der Waals surface area (Å²) in [5.41, 5.74) is 3.43. The summed E-state index contributed by atoms with van der Waals surface area (Å²) in [6.45, 7) is 6.70. The number of benzene rings is 1. The van der Waals surface area contributed by atoms with E-state index in [0.717, 1.165) is 22.4 Å². The maximum absolute atomic E-state index is 12.5. The standard InChI is InChI=1S/C20H22F3N3O3/c1-12-11-26(19(27)24-18-13(2)14(3)25-29-18)9-8-16(12)10-15-4-6-17(7-5-15)28-20(21,22)23/h4-7,10,12H,8-9,11H2,1-3H3,(H,24,27)/b16-10+. The maximum atomic E-state index is 12.5. The van der Waals surface area contributed by atoms with Crippen LogP contribution in [-0.4, -0.2) is 35.5 Å². The van der Waals surface area contributed by atoms with Crippen LogP contribution in [0.5, 0.6) is 5.75 Å². The third kappa shape index (κ3) is 5.30. The average Bonchev–Trinajstić information content (AvgIpc) is 2.95. The number of aryl methyl sites for hydroxylation is 1. The molecule has 2 amide bonds. The lowest BCUT2D eigenvalue weighted by atomic mass is 9.91. The first-order chi connectivity index (χ1) is 13.6. The van der Waals surface area contributed by atoms with Crippen LogP contribution in [-0.2, 0) is 0 Å². The Bertz CT molecular complexity index is 904. The van der Waals surface area contributed by atoms with Gasteiger partial charge in [-0.05, 0) is 43.9 Å². The Kier molecular flexibility index (Phi) is 5.86. The van der Waals surface area contributed by atoms with Crippen molar-refractivity contribution in [2.24, 2.45) is 5.92 Å². The van der Waals surface area contributed by atoms with Crippen LogP contribution in [0.2, 0.25) is 0 Å². The van der Waals surface area contributed by atoms with Gasteiger partial charge >= 0.3 is 12.4 Å². The zero-order chi connectivity index (χ0) is 21.2. The molecule has 3 rings (SSSR count). The molecule has 2 heterocycles. The molecule has 1 aromatic carbocycles. The number of halogens is 3. The number of piperidine rings is 1. The molecule has 0 radical (unpaired) electrons. The molecule has 1 saturated heterocycles. The van der Waals surface area contributed by atoms with Crippen molar-refractivity contribution in [3.05, 3.63) is 46.7 Å². The molecular weight excluding hydrogens is 387 g/mol. The number of likely N-dealkylation sites (tertiary alicyclic amines) is 1. The third-order valence-corrected chi connectivity index (χ3v) is 4.93. The van der Waals surface area contributed by atoms with E-state index in [9.17, 15) is 18.0 Å². The Morgan fingerprint density at radius 3 is 2.55 bits per heavy atom. The number of rotatable bonds is 3. The number of nitrogens with one attached hydrogen (secondary N) is 1. The predicted molar refractivity (Wildman–Crippen MR) is 101 cm³/mol. The monoisotopic (exact) mass is 409 g/mol. The third-order valence-electron chi connectivity index (χ3n) is 4.93. The van der Waals surface area contributed by atoms with E-state index < -0.39 is 6.36 Å². The molecule has 29 heavy (non-hydrogen) atoms. The van der Waals surface area contributed by atoms with E-state index in [4.69, 9.17) is 4.52 Å². The second kappa shape index (κ2) is 8.18. The number of carbonyl (C=O) groups excluding carboxylic acids is 1. The number of carbonyl (C=O) groups is 1. The molecule has 0 bridgehead atoms. The number of nitrogens with zero attached hydrogens (tertiary/aromatic N) is 2. The Labute approximate surface area is 166 Å². The zero-order valence-electron chi connectivity index (χ0n) is 16.3.